The number of nitrogens with zero attached hydrogens (tertiary/aromatic N) is 1. The maximum absolute atomic E-state index is 12.5. The molecule has 24 heavy (non-hydrogen) atoms. The number of benzene rings is 1. The second-order valence-corrected chi connectivity index (χ2v) is 5.64. The molecule has 0 saturated heterocycles. The molecule has 0 aliphatic carbocycles. The van der Waals surface area contributed by atoms with Gasteiger partial charge in [-0.1, -0.05) is 18.2 Å². The van der Waals surface area contributed by atoms with Crippen molar-refractivity contribution in [1.29, 1.82) is 5.26 Å². The van der Waals surface area contributed by atoms with Crippen LogP contribution in [0.4, 0.5) is 0 Å². The topological polar surface area (TPSA) is 105 Å². The zero-order valence-electron chi connectivity index (χ0n) is 12.8. The Kier molecular flexibility index (Phi) is 2.97. The largest absolute Gasteiger partial charge is 0.440 e. The molecular formula is C18H13N3O3. The number of nitriles is 1. The number of aryl methyl sites for hydroxylation is 1. The summed E-state index contributed by atoms with van der Waals surface area (Å²) in [7, 11) is 0. The molecule has 0 radical (unpaired) electrons. The number of nitrogens with one attached hydrogen (secondary N) is 1. The third-order valence-electron chi connectivity index (χ3n) is 4.19. The molecule has 1 aromatic carbocycles. The molecule has 0 spiro atoms. The number of nitrogens with two attached hydrogens (primary N) is 1. The van der Waals surface area contributed by atoms with Gasteiger partial charge in [0, 0.05) is 23.2 Å². The van der Waals surface area contributed by atoms with Gasteiger partial charge in [0.15, 0.2) is 0 Å². The Morgan fingerprint density at radius 3 is 2.92 bits per heavy atom. The third-order valence-corrected chi connectivity index (χ3v) is 4.19. The maximum Gasteiger partial charge on any atom is 0.343 e. The van der Waals surface area contributed by atoms with Gasteiger partial charge in [0.1, 0.15) is 23.2 Å². The molecule has 1 aliphatic rings. The summed E-state index contributed by atoms with van der Waals surface area (Å²) in [5.74, 6) is 0.122. The van der Waals surface area contributed by atoms with Crippen LogP contribution in [0.1, 0.15) is 22.8 Å². The summed E-state index contributed by atoms with van der Waals surface area (Å²) in [5, 5.41) is 10.5. The smallest absolute Gasteiger partial charge is 0.343 e. The molecule has 3 N–H and O–H groups in total. The molecule has 0 amide bonds. The number of rotatable bonds is 1. The van der Waals surface area contributed by atoms with Gasteiger partial charge in [0.25, 0.3) is 0 Å². The molecule has 0 fully saturated rings. The number of fused-ring (bicyclic) bond motifs is 2. The summed E-state index contributed by atoms with van der Waals surface area (Å²) in [4.78, 5) is 15.6. The van der Waals surface area contributed by atoms with Gasteiger partial charge in [-0.15, -0.1) is 0 Å². The van der Waals surface area contributed by atoms with Crippen molar-refractivity contribution < 1.29 is 9.15 Å². The van der Waals surface area contributed by atoms with Gasteiger partial charge in [-0.25, -0.2) is 4.79 Å². The van der Waals surface area contributed by atoms with E-state index in [4.69, 9.17) is 14.9 Å². The molecule has 4 rings (SSSR count). The van der Waals surface area contributed by atoms with Crippen LogP contribution in [0.15, 0.2) is 57.2 Å². The molecule has 6 nitrogen and oxygen atoms in total. The third kappa shape index (κ3) is 1.92. The second kappa shape index (κ2) is 5.03. The normalized spacial score (nSPS) is 16.6. The van der Waals surface area contributed by atoms with Gasteiger partial charge < -0.3 is 19.9 Å². The fraction of sp³-hybridized carbons (Fsp3) is 0.111. The molecule has 0 unspecified atom stereocenters. The lowest BCUT2D eigenvalue weighted by atomic mass is 9.84. The Balaban J connectivity index is 2.07. The van der Waals surface area contributed by atoms with Gasteiger partial charge in [-0.3, -0.25) is 0 Å². The monoisotopic (exact) mass is 319 g/mol. The van der Waals surface area contributed by atoms with Crippen LogP contribution in [-0.4, -0.2) is 4.98 Å². The highest BCUT2D eigenvalue weighted by atomic mass is 16.5. The standard InChI is InChI=1S/C18H13N3O3/c1-9-6-14-16(18(22)23-9)15(11(7-19)17(20)24-14)12-8-21-13-5-3-2-4-10(12)13/h2-6,8,15,21H,20H2,1H3/t15-/m0/s1. The van der Waals surface area contributed by atoms with Crippen LogP contribution in [0.5, 0.6) is 5.75 Å². The second-order valence-electron chi connectivity index (χ2n) is 5.64. The predicted octanol–water partition coefficient (Wildman–Crippen LogP) is 2.65. The molecule has 6 heteroatoms. The summed E-state index contributed by atoms with van der Waals surface area (Å²) >= 11 is 0. The van der Waals surface area contributed by atoms with Crippen molar-refractivity contribution in [2.24, 2.45) is 5.73 Å². The lowest BCUT2D eigenvalue weighted by Gasteiger charge is -2.24. The lowest BCUT2D eigenvalue weighted by Crippen LogP contribution is -2.26. The number of hydrogen-bond acceptors (Lipinski definition) is 5. The zero-order valence-corrected chi connectivity index (χ0v) is 12.8. The molecular weight excluding hydrogens is 306 g/mol. The Bertz CT molecular complexity index is 1100. The van der Waals surface area contributed by atoms with Crippen molar-refractivity contribution in [3.63, 3.8) is 0 Å². The Morgan fingerprint density at radius 1 is 1.33 bits per heavy atom. The van der Waals surface area contributed by atoms with E-state index in [1.807, 2.05) is 24.3 Å². The highest BCUT2D eigenvalue weighted by Crippen LogP contribution is 2.42. The van der Waals surface area contributed by atoms with Crippen LogP contribution in [-0.2, 0) is 0 Å². The minimum atomic E-state index is -0.633. The molecule has 2 aromatic heterocycles. The fourth-order valence-electron chi connectivity index (χ4n) is 3.16. The molecule has 0 saturated carbocycles. The highest BCUT2D eigenvalue weighted by molar-refractivity contribution is 5.85. The highest BCUT2D eigenvalue weighted by Gasteiger charge is 2.35. The van der Waals surface area contributed by atoms with Gasteiger partial charge in [-0.05, 0) is 18.6 Å². The lowest BCUT2D eigenvalue weighted by molar-refractivity contribution is 0.372. The first kappa shape index (κ1) is 14.2. The Morgan fingerprint density at radius 2 is 2.12 bits per heavy atom. The Hall–Kier alpha value is -3.46. The van der Waals surface area contributed by atoms with E-state index in [1.165, 1.54) is 0 Å². The number of H-pyrrole nitrogens is 1. The zero-order chi connectivity index (χ0) is 16.8. The van der Waals surface area contributed by atoms with E-state index in [0.717, 1.165) is 16.5 Å². The number of allylic oxidation sites excluding steroid dienone is 1. The van der Waals surface area contributed by atoms with Crippen LogP contribution in [0.25, 0.3) is 10.9 Å². The summed E-state index contributed by atoms with van der Waals surface area (Å²) in [6.07, 6.45) is 1.79. The van der Waals surface area contributed by atoms with Crippen molar-refractivity contribution in [1.82, 2.24) is 4.98 Å². The first-order valence-electron chi connectivity index (χ1n) is 7.38. The van der Waals surface area contributed by atoms with Gasteiger partial charge in [-0.2, -0.15) is 5.26 Å². The predicted molar refractivity (Wildman–Crippen MR) is 87.3 cm³/mol. The van der Waals surface area contributed by atoms with Crippen LogP contribution in [0.3, 0.4) is 0 Å². The fourth-order valence-corrected chi connectivity index (χ4v) is 3.16. The van der Waals surface area contributed by atoms with E-state index in [9.17, 15) is 10.1 Å². The van der Waals surface area contributed by atoms with E-state index < -0.39 is 11.5 Å². The van der Waals surface area contributed by atoms with Crippen molar-refractivity contribution in [3.8, 4) is 11.8 Å². The van der Waals surface area contributed by atoms with Crippen LogP contribution in [0, 0.1) is 18.3 Å². The van der Waals surface area contributed by atoms with Crippen molar-refractivity contribution in [2.45, 2.75) is 12.8 Å². The number of para-hydroxylation sites is 1. The summed E-state index contributed by atoms with van der Waals surface area (Å²) < 4.78 is 10.7. The number of aromatic amines is 1. The average Bonchev–Trinajstić information content (AvgIpc) is 2.97. The minimum absolute atomic E-state index is 0.00489. The maximum atomic E-state index is 12.5. The van der Waals surface area contributed by atoms with Gasteiger partial charge in [0.2, 0.25) is 5.88 Å². The van der Waals surface area contributed by atoms with E-state index >= 15 is 0 Å². The van der Waals surface area contributed by atoms with Crippen molar-refractivity contribution in [3.05, 3.63) is 75.3 Å². The van der Waals surface area contributed by atoms with Gasteiger partial charge >= 0.3 is 5.63 Å². The first-order chi connectivity index (χ1) is 11.6. The summed E-state index contributed by atoms with van der Waals surface area (Å²) in [5.41, 5.74) is 7.59. The summed E-state index contributed by atoms with van der Waals surface area (Å²) in [6, 6.07) is 11.3. The summed E-state index contributed by atoms with van der Waals surface area (Å²) in [6.45, 7) is 1.66. The van der Waals surface area contributed by atoms with Crippen LogP contribution in [0.2, 0.25) is 0 Å². The van der Waals surface area contributed by atoms with E-state index in [-0.39, 0.29) is 17.0 Å². The number of aromatic nitrogens is 1. The first-order valence-corrected chi connectivity index (χ1v) is 7.38. The number of hydrogen-bond donors (Lipinski definition) is 2. The average molecular weight is 319 g/mol. The van der Waals surface area contributed by atoms with Gasteiger partial charge in [0.05, 0.1) is 11.5 Å². The van der Waals surface area contributed by atoms with E-state index in [2.05, 4.69) is 11.1 Å². The van der Waals surface area contributed by atoms with Crippen LogP contribution < -0.4 is 16.1 Å². The Labute approximate surface area is 136 Å². The molecule has 0 bridgehead atoms. The molecule has 1 aliphatic heterocycles. The quantitative estimate of drug-likeness (QED) is 0.717. The SMILES string of the molecule is Cc1cc2c(c(=O)o1)[C@H](c1c[nH]c3ccccc13)C(C#N)=C(N)O2. The molecule has 118 valence electrons. The molecule has 1 atom stereocenters. The number of ether oxygens (including phenoxy) is 1. The molecule has 3 aromatic rings. The minimum Gasteiger partial charge on any atom is -0.440 e. The van der Waals surface area contributed by atoms with Crippen molar-refractivity contribution in [2.75, 3.05) is 0 Å². The van der Waals surface area contributed by atoms with E-state index in [1.54, 1.807) is 19.2 Å². The van der Waals surface area contributed by atoms with Crippen LogP contribution >= 0.6 is 0 Å². The molecule has 3 heterocycles. The van der Waals surface area contributed by atoms with E-state index in [0.29, 0.717) is 11.5 Å². The van der Waals surface area contributed by atoms with Crippen molar-refractivity contribution >= 4 is 10.9 Å².